The second kappa shape index (κ2) is 10.5. The second-order valence-electron chi connectivity index (χ2n) is 6.14. The fourth-order valence-electron chi connectivity index (χ4n) is 2.36. The van der Waals surface area contributed by atoms with E-state index in [0.717, 1.165) is 12.0 Å². The SMILES string of the molecule is C=C(CC(=O)Nc1cccc(OC)c1)NNC(=O)C(=O)Nc1ccc(CC)cc1. The van der Waals surface area contributed by atoms with Crippen LogP contribution in [0.25, 0.3) is 0 Å². The molecule has 0 spiro atoms. The lowest BCUT2D eigenvalue weighted by atomic mass is 10.1. The van der Waals surface area contributed by atoms with E-state index in [1.54, 1.807) is 36.4 Å². The molecule has 0 fully saturated rings. The number of benzene rings is 2. The zero-order valence-electron chi connectivity index (χ0n) is 16.4. The van der Waals surface area contributed by atoms with Crippen LogP contribution in [0, 0.1) is 0 Å². The van der Waals surface area contributed by atoms with Gasteiger partial charge in [-0.15, -0.1) is 0 Å². The van der Waals surface area contributed by atoms with E-state index in [1.165, 1.54) is 7.11 Å². The molecule has 2 rings (SSSR count). The lowest BCUT2D eigenvalue weighted by molar-refractivity contribution is -0.136. The van der Waals surface area contributed by atoms with Gasteiger partial charge in [0.15, 0.2) is 0 Å². The molecule has 29 heavy (non-hydrogen) atoms. The molecule has 2 aromatic rings. The van der Waals surface area contributed by atoms with Crippen molar-refractivity contribution in [1.82, 2.24) is 10.9 Å². The van der Waals surface area contributed by atoms with Crippen LogP contribution in [-0.2, 0) is 20.8 Å². The van der Waals surface area contributed by atoms with Gasteiger partial charge in [0.25, 0.3) is 0 Å². The maximum atomic E-state index is 12.0. The van der Waals surface area contributed by atoms with Gasteiger partial charge in [-0.2, -0.15) is 0 Å². The summed E-state index contributed by atoms with van der Waals surface area (Å²) in [6, 6.07) is 14.1. The van der Waals surface area contributed by atoms with Crippen LogP contribution >= 0.6 is 0 Å². The minimum absolute atomic E-state index is 0.0996. The van der Waals surface area contributed by atoms with Gasteiger partial charge in [0, 0.05) is 23.1 Å². The van der Waals surface area contributed by atoms with E-state index >= 15 is 0 Å². The highest BCUT2D eigenvalue weighted by atomic mass is 16.5. The maximum absolute atomic E-state index is 12.0. The van der Waals surface area contributed by atoms with E-state index in [9.17, 15) is 14.4 Å². The third kappa shape index (κ3) is 7.02. The number of carbonyl (C=O) groups excluding carboxylic acids is 3. The Morgan fingerprint density at radius 3 is 2.31 bits per heavy atom. The number of aryl methyl sites for hydroxylation is 1. The van der Waals surface area contributed by atoms with Gasteiger partial charge in [-0.1, -0.05) is 31.7 Å². The quantitative estimate of drug-likeness (QED) is 0.405. The topological polar surface area (TPSA) is 109 Å². The highest BCUT2D eigenvalue weighted by molar-refractivity contribution is 6.39. The van der Waals surface area contributed by atoms with Crippen molar-refractivity contribution in [1.29, 1.82) is 0 Å². The summed E-state index contributed by atoms with van der Waals surface area (Å²) in [6.45, 7) is 5.69. The summed E-state index contributed by atoms with van der Waals surface area (Å²) in [5, 5.41) is 5.18. The Morgan fingerprint density at radius 1 is 0.931 bits per heavy atom. The molecule has 0 atom stereocenters. The summed E-state index contributed by atoms with van der Waals surface area (Å²) in [6.07, 6.45) is 0.781. The lowest BCUT2D eigenvalue weighted by Gasteiger charge is -2.12. The van der Waals surface area contributed by atoms with Crippen molar-refractivity contribution in [3.63, 3.8) is 0 Å². The van der Waals surface area contributed by atoms with Gasteiger partial charge in [0.2, 0.25) is 5.91 Å². The van der Waals surface area contributed by atoms with Crippen LogP contribution in [0.4, 0.5) is 11.4 Å². The molecule has 4 N–H and O–H groups in total. The Morgan fingerprint density at radius 2 is 1.66 bits per heavy atom. The van der Waals surface area contributed by atoms with Crippen LogP contribution in [0.3, 0.4) is 0 Å². The van der Waals surface area contributed by atoms with Gasteiger partial charge >= 0.3 is 11.8 Å². The molecule has 0 saturated heterocycles. The zero-order chi connectivity index (χ0) is 21.2. The standard InChI is InChI=1S/C21H24N4O4/c1-4-15-8-10-16(11-9-15)23-20(27)21(28)25-24-14(2)12-19(26)22-17-6-5-7-18(13-17)29-3/h5-11,13,24H,2,4,12H2,1,3H3,(H,22,26)(H,23,27)(H,25,28). The van der Waals surface area contributed by atoms with Crippen molar-refractivity contribution in [2.75, 3.05) is 17.7 Å². The van der Waals surface area contributed by atoms with Crippen LogP contribution in [0.1, 0.15) is 18.9 Å². The molecule has 0 aromatic heterocycles. The average molecular weight is 396 g/mol. The first-order chi connectivity index (χ1) is 13.9. The van der Waals surface area contributed by atoms with Gasteiger partial charge < -0.3 is 20.8 Å². The lowest BCUT2D eigenvalue weighted by Crippen LogP contribution is -2.43. The third-order valence-electron chi connectivity index (χ3n) is 3.91. The first-order valence-corrected chi connectivity index (χ1v) is 8.99. The van der Waals surface area contributed by atoms with Crippen LogP contribution in [0.2, 0.25) is 0 Å². The molecule has 0 aliphatic rings. The summed E-state index contributed by atoms with van der Waals surface area (Å²) in [5.74, 6) is -1.47. The summed E-state index contributed by atoms with van der Waals surface area (Å²) in [4.78, 5) is 35.9. The van der Waals surface area contributed by atoms with Crippen LogP contribution in [0.5, 0.6) is 5.75 Å². The number of methoxy groups -OCH3 is 1. The number of hydrogen-bond donors (Lipinski definition) is 4. The summed E-state index contributed by atoms with van der Waals surface area (Å²) in [7, 11) is 1.53. The van der Waals surface area contributed by atoms with Crippen molar-refractivity contribution in [3.8, 4) is 5.75 Å². The van der Waals surface area contributed by atoms with Crippen molar-refractivity contribution in [2.24, 2.45) is 0 Å². The van der Waals surface area contributed by atoms with Gasteiger partial charge in [0.05, 0.1) is 13.5 Å². The van der Waals surface area contributed by atoms with Gasteiger partial charge in [-0.05, 0) is 36.2 Å². The Balaban J connectivity index is 1.75. The highest BCUT2D eigenvalue weighted by Gasteiger charge is 2.14. The smallest absolute Gasteiger partial charge is 0.327 e. The Hall–Kier alpha value is -3.81. The normalized spacial score (nSPS) is 9.86. The number of hydrazine groups is 1. The highest BCUT2D eigenvalue weighted by Crippen LogP contribution is 2.17. The van der Waals surface area contributed by atoms with Crippen LogP contribution in [0.15, 0.2) is 60.8 Å². The van der Waals surface area contributed by atoms with E-state index in [4.69, 9.17) is 4.74 Å². The van der Waals surface area contributed by atoms with Crippen molar-refractivity contribution < 1.29 is 19.1 Å². The molecule has 0 aliphatic carbocycles. The molecule has 3 amide bonds. The number of carbonyl (C=O) groups is 3. The number of nitrogens with one attached hydrogen (secondary N) is 4. The molecule has 8 heteroatoms. The fraction of sp³-hybridized carbons (Fsp3) is 0.190. The van der Waals surface area contributed by atoms with E-state index < -0.39 is 11.8 Å². The number of anilines is 2. The van der Waals surface area contributed by atoms with E-state index in [0.29, 0.717) is 17.1 Å². The van der Waals surface area contributed by atoms with Gasteiger partial charge in [0.1, 0.15) is 5.75 Å². The second-order valence-corrected chi connectivity index (χ2v) is 6.14. The zero-order valence-corrected chi connectivity index (χ0v) is 16.4. The minimum Gasteiger partial charge on any atom is -0.497 e. The van der Waals surface area contributed by atoms with E-state index in [-0.39, 0.29) is 18.0 Å². The van der Waals surface area contributed by atoms with Gasteiger partial charge in [-0.3, -0.25) is 19.8 Å². The average Bonchev–Trinajstić information content (AvgIpc) is 2.72. The Labute approximate surface area is 169 Å². The Bertz CT molecular complexity index is 894. The van der Waals surface area contributed by atoms with Crippen LogP contribution in [-0.4, -0.2) is 24.8 Å². The first-order valence-electron chi connectivity index (χ1n) is 8.99. The van der Waals surface area contributed by atoms with E-state index in [2.05, 4.69) is 28.1 Å². The van der Waals surface area contributed by atoms with Crippen LogP contribution < -0.4 is 26.2 Å². The first kappa shape index (κ1) is 21.5. The van der Waals surface area contributed by atoms with E-state index in [1.807, 2.05) is 19.1 Å². The van der Waals surface area contributed by atoms with Gasteiger partial charge in [-0.25, -0.2) is 0 Å². The van der Waals surface area contributed by atoms with Crippen molar-refractivity contribution in [2.45, 2.75) is 19.8 Å². The predicted molar refractivity (Wildman–Crippen MR) is 111 cm³/mol. The number of amides is 3. The van der Waals surface area contributed by atoms with Crippen molar-refractivity contribution in [3.05, 3.63) is 66.4 Å². The molecule has 0 bridgehead atoms. The fourth-order valence-corrected chi connectivity index (χ4v) is 2.36. The maximum Gasteiger partial charge on any atom is 0.327 e. The molecule has 152 valence electrons. The molecular formula is C21H24N4O4. The largest absolute Gasteiger partial charge is 0.497 e. The van der Waals surface area contributed by atoms with Crippen molar-refractivity contribution >= 4 is 29.1 Å². The molecule has 8 nitrogen and oxygen atoms in total. The monoisotopic (exact) mass is 396 g/mol. The summed E-state index contributed by atoms with van der Waals surface area (Å²) in [5.41, 5.74) is 7.10. The molecule has 2 aromatic carbocycles. The molecule has 0 aliphatic heterocycles. The number of rotatable bonds is 8. The summed E-state index contributed by atoms with van der Waals surface area (Å²) < 4.78 is 5.09. The molecule has 0 heterocycles. The number of ether oxygens (including phenoxy) is 1. The molecular weight excluding hydrogens is 372 g/mol. The summed E-state index contributed by atoms with van der Waals surface area (Å²) >= 11 is 0. The number of hydrogen-bond acceptors (Lipinski definition) is 5. The third-order valence-corrected chi connectivity index (χ3v) is 3.91. The molecule has 0 unspecified atom stereocenters. The predicted octanol–water partition coefficient (Wildman–Crippen LogP) is 2.36. The Kier molecular flexibility index (Phi) is 7.78. The molecule has 0 radical (unpaired) electrons. The molecule has 0 saturated carbocycles. The minimum atomic E-state index is -0.904.